The molecule has 0 aliphatic heterocycles. The maximum absolute atomic E-state index is 13.4. The number of benzene rings is 2. The third kappa shape index (κ3) is 7.37. The van der Waals surface area contributed by atoms with Crippen LogP contribution in [0, 0.1) is 12.8 Å². The third-order valence-corrected chi connectivity index (χ3v) is 6.16. The van der Waals surface area contributed by atoms with Crippen molar-refractivity contribution in [1.82, 2.24) is 10.2 Å². The molecule has 0 spiro atoms. The molecule has 0 aliphatic rings. The highest BCUT2D eigenvalue weighted by Gasteiger charge is 2.30. The van der Waals surface area contributed by atoms with Crippen LogP contribution >= 0.6 is 0 Å². The van der Waals surface area contributed by atoms with Crippen LogP contribution in [0.2, 0.25) is 0 Å². The van der Waals surface area contributed by atoms with E-state index in [4.69, 9.17) is 0 Å². The Labute approximate surface area is 191 Å². The third-order valence-electron chi connectivity index (χ3n) is 5.02. The Bertz CT molecular complexity index is 1020. The normalized spacial score (nSPS) is 12.3. The number of amides is 2. The molecular formula is C24H33N3O4S. The summed E-state index contributed by atoms with van der Waals surface area (Å²) in [4.78, 5) is 27.6. The van der Waals surface area contributed by atoms with Gasteiger partial charge in [0.15, 0.2) is 0 Å². The van der Waals surface area contributed by atoms with Gasteiger partial charge in [-0.1, -0.05) is 56.3 Å². The van der Waals surface area contributed by atoms with E-state index in [9.17, 15) is 18.0 Å². The number of nitrogens with one attached hydrogen (secondary N) is 1. The van der Waals surface area contributed by atoms with Crippen LogP contribution in [0.4, 0.5) is 5.69 Å². The van der Waals surface area contributed by atoms with Gasteiger partial charge in [0.05, 0.1) is 11.9 Å². The zero-order valence-electron chi connectivity index (χ0n) is 19.4. The summed E-state index contributed by atoms with van der Waals surface area (Å²) >= 11 is 0. The van der Waals surface area contributed by atoms with Gasteiger partial charge in [0, 0.05) is 13.1 Å². The summed E-state index contributed by atoms with van der Waals surface area (Å²) in [5.41, 5.74) is 2.15. The summed E-state index contributed by atoms with van der Waals surface area (Å²) in [6, 6.07) is 15.5. The van der Waals surface area contributed by atoms with Gasteiger partial charge in [0.1, 0.15) is 12.6 Å². The molecule has 1 atom stereocenters. The van der Waals surface area contributed by atoms with Crippen molar-refractivity contribution in [2.45, 2.75) is 40.3 Å². The molecule has 0 fully saturated rings. The molecule has 2 aromatic carbocycles. The largest absolute Gasteiger partial charge is 0.354 e. The summed E-state index contributed by atoms with van der Waals surface area (Å²) < 4.78 is 26.1. The van der Waals surface area contributed by atoms with Gasteiger partial charge in [-0.25, -0.2) is 8.42 Å². The number of rotatable bonds is 10. The molecule has 0 saturated carbocycles. The van der Waals surface area contributed by atoms with E-state index in [1.807, 2.05) is 57.2 Å². The first-order valence-corrected chi connectivity index (χ1v) is 12.5. The molecule has 1 N–H and O–H groups in total. The van der Waals surface area contributed by atoms with Crippen LogP contribution in [0.25, 0.3) is 0 Å². The van der Waals surface area contributed by atoms with Gasteiger partial charge in [-0.15, -0.1) is 0 Å². The van der Waals surface area contributed by atoms with Gasteiger partial charge in [-0.3, -0.25) is 13.9 Å². The first-order valence-electron chi connectivity index (χ1n) is 10.6. The molecule has 7 nitrogen and oxygen atoms in total. The Balaban J connectivity index is 2.33. The van der Waals surface area contributed by atoms with Crippen LogP contribution < -0.4 is 9.62 Å². The fourth-order valence-corrected chi connectivity index (χ4v) is 4.05. The first-order chi connectivity index (χ1) is 15.0. The van der Waals surface area contributed by atoms with Gasteiger partial charge >= 0.3 is 0 Å². The molecule has 8 heteroatoms. The highest BCUT2D eigenvalue weighted by molar-refractivity contribution is 7.92. The SMILES string of the molecule is Cc1cccc(N(CC(=O)N(Cc2ccccc2)[C@@H](C)C(=O)NCC(C)C)S(C)(=O)=O)c1. The molecule has 0 aliphatic carbocycles. The van der Waals surface area contributed by atoms with Crippen molar-refractivity contribution in [3.8, 4) is 0 Å². The van der Waals surface area contributed by atoms with Crippen molar-refractivity contribution in [1.29, 1.82) is 0 Å². The molecule has 174 valence electrons. The molecule has 2 aromatic rings. The fraction of sp³-hybridized carbons (Fsp3) is 0.417. The van der Waals surface area contributed by atoms with Crippen molar-refractivity contribution < 1.29 is 18.0 Å². The number of aryl methyl sites for hydroxylation is 1. The van der Waals surface area contributed by atoms with E-state index in [1.54, 1.807) is 25.1 Å². The Kier molecular flexibility index (Phi) is 8.83. The van der Waals surface area contributed by atoms with Crippen LogP contribution in [0.3, 0.4) is 0 Å². The zero-order valence-corrected chi connectivity index (χ0v) is 20.2. The van der Waals surface area contributed by atoms with Crippen LogP contribution in [0.1, 0.15) is 31.9 Å². The lowest BCUT2D eigenvalue weighted by Gasteiger charge is -2.31. The minimum absolute atomic E-state index is 0.196. The van der Waals surface area contributed by atoms with E-state index in [-0.39, 0.29) is 18.4 Å². The van der Waals surface area contributed by atoms with Crippen molar-refractivity contribution in [3.63, 3.8) is 0 Å². The number of hydrogen-bond donors (Lipinski definition) is 1. The summed E-state index contributed by atoms with van der Waals surface area (Å²) in [5, 5.41) is 2.86. The molecule has 32 heavy (non-hydrogen) atoms. The zero-order chi connectivity index (χ0) is 23.9. The minimum atomic E-state index is -3.72. The second kappa shape index (κ2) is 11.1. The van der Waals surface area contributed by atoms with E-state index in [1.165, 1.54) is 4.90 Å². The number of anilines is 1. The van der Waals surface area contributed by atoms with Crippen molar-refractivity contribution in [2.75, 3.05) is 23.7 Å². The fourth-order valence-electron chi connectivity index (χ4n) is 3.21. The standard InChI is InChI=1S/C24H33N3O4S/c1-18(2)15-25-24(29)20(4)26(16-21-11-7-6-8-12-21)23(28)17-27(32(5,30)31)22-13-9-10-19(3)14-22/h6-14,18,20H,15-17H2,1-5H3,(H,25,29)/t20-/m0/s1. The monoisotopic (exact) mass is 459 g/mol. The van der Waals surface area contributed by atoms with Gasteiger partial charge in [0.25, 0.3) is 0 Å². The predicted octanol–water partition coefficient (Wildman–Crippen LogP) is 2.95. The van der Waals surface area contributed by atoms with Crippen molar-refractivity contribution in [3.05, 3.63) is 65.7 Å². The average Bonchev–Trinajstić information content (AvgIpc) is 2.73. The summed E-state index contributed by atoms with van der Waals surface area (Å²) in [6.45, 7) is 7.80. The first kappa shape index (κ1) is 25.4. The summed E-state index contributed by atoms with van der Waals surface area (Å²) in [5.74, 6) is -0.455. The quantitative estimate of drug-likeness (QED) is 0.592. The Morgan fingerprint density at radius 1 is 1.00 bits per heavy atom. The second-order valence-electron chi connectivity index (χ2n) is 8.43. The topological polar surface area (TPSA) is 86.8 Å². The van der Waals surface area contributed by atoms with Crippen LogP contribution in [-0.4, -0.2) is 50.5 Å². The summed E-state index contributed by atoms with van der Waals surface area (Å²) in [6.07, 6.45) is 1.07. The van der Waals surface area contributed by atoms with Gasteiger partial charge in [-0.05, 0) is 43.0 Å². The number of hydrogen-bond acceptors (Lipinski definition) is 4. The smallest absolute Gasteiger partial charge is 0.244 e. The highest BCUT2D eigenvalue weighted by atomic mass is 32.2. The molecule has 2 amide bonds. The lowest BCUT2D eigenvalue weighted by Crippen LogP contribution is -2.51. The maximum atomic E-state index is 13.4. The number of carbonyl (C=O) groups is 2. The molecular weight excluding hydrogens is 426 g/mol. The molecule has 0 heterocycles. The van der Waals surface area contributed by atoms with E-state index >= 15 is 0 Å². The van der Waals surface area contributed by atoms with Crippen molar-refractivity contribution in [2.24, 2.45) is 5.92 Å². The Morgan fingerprint density at radius 3 is 2.22 bits per heavy atom. The molecule has 0 radical (unpaired) electrons. The van der Waals surface area contributed by atoms with Gasteiger partial charge in [0.2, 0.25) is 21.8 Å². The number of nitrogens with zero attached hydrogens (tertiary/aromatic N) is 2. The lowest BCUT2D eigenvalue weighted by atomic mass is 10.1. The Hall–Kier alpha value is -2.87. The van der Waals surface area contributed by atoms with E-state index in [2.05, 4.69) is 5.32 Å². The van der Waals surface area contributed by atoms with Gasteiger partial charge in [-0.2, -0.15) is 0 Å². The molecule has 0 bridgehead atoms. The molecule has 0 unspecified atom stereocenters. The second-order valence-corrected chi connectivity index (χ2v) is 10.3. The molecule has 0 aromatic heterocycles. The average molecular weight is 460 g/mol. The van der Waals surface area contributed by atoms with E-state index in [0.717, 1.165) is 21.7 Å². The number of carbonyl (C=O) groups excluding carboxylic acids is 2. The maximum Gasteiger partial charge on any atom is 0.244 e. The number of sulfonamides is 1. The highest BCUT2D eigenvalue weighted by Crippen LogP contribution is 2.20. The lowest BCUT2D eigenvalue weighted by molar-refractivity contribution is -0.139. The predicted molar refractivity (Wildman–Crippen MR) is 128 cm³/mol. The van der Waals surface area contributed by atoms with Crippen LogP contribution in [0.15, 0.2) is 54.6 Å². The summed E-state index contributed by atoms with van der Waals surface area (Å²) in [7, 11) is -3.72. The minimum Gasteiger partial charge on any atom is -0.354 e. The van der Waals surface area contributed by atoms with Gasteiger partial charge < -0.3 is 10.2 Å². The van der Waals surface area contributed by atoms with Crippen molar-refractivity contribution >= 4 is 27.5 Å². The van der Waals surface area contributed by atoms with E-state index < -0.39 is 28.5 Å². The van der Waals surface area contributed by atoms with Crippen LogP contribution in [0.5, 0.6) is 0 Å². The van der Waals surface area contributed by atoms with Crippen LogP contribution in [-0.2, 0) is 26.2 Å². The molecule has 0 saturated heterocycles. The molecule has 2 rings (SSSR count). The van der Waals surface area contributed by atoms with E-state index in [0.29, 0.717) is 12.2 Å². The Morgan fingerprint density at radius 2 is 1.66 bits per heavy atom.